The summed E-state index contributed by atoms with van der Waals surface area (Å²) in [6.07, 6.45) is -0.184. The Hall–Kier alpha value is -0.860. The van der Waals surface area contributed by atoms with Crippen molar-refractivity contribution in [3.05, 3.63) is 35.9 Å². The molecule has 0 bridgehead atoms. The first-order valence-corrected chi connectivity index (χ1v) is 3.57. The van der Waals surface area contributed by atoms with Crippen LogP contribution in [0.25, 0.3) is 0 Å². The van der Waals surface area contributed by atoms with Crippen molar-refractivity contribution in [3.8, 4) is 0 Å². The van der Waals surface area contributed by atoms with Crippen LogP contribution in [0.1, 0.15) is 11.7 Å². The molecule has 0 amide bonds. The molecule has 2 heteroatoms. The first-order chi connectivity index (χ1) is 5.38. The van der Waals surface area contributed by atoms with Gasteiger partial charge in [0.15, 0.2) is 0 Å². The quantitative estimate of drug-likeness (QED) is 0.708. The van der Waals surface area contributed by atoms with Gasteiger partial charge in [0.2, 0.25) is 0 Å². The SMILES string of the molecule is COC(CO)c1ccccc1. The number of aliphatic hydroxyl groups is 1. The molecule has 1 aromatic carbocycles. The third-order valence-corrected chi connectivity index (χ3v) is 1.62. The van der Waals surface area contributed by atoms with Crippen LogP contribution >= 0.6 is 0 Å². The number of aliphatic hydroxyl groups excluding tert-OH is 1. The van der Waals surface area contributed by atoms with Crippen LogP contribution in [0.15, 0.2) is 30.3 Å². The van der Waals surface area contributed by atoms with Crippen molar-refractivity contribution in [3.63, 3.8) is 0 Å². The zero-order valence-electron chi connectivity index (χ0n) is 6.53. The van der Waals surface area contributed by atoms with E-state index in [2.05, 4.69) is 0 Å². The molecule has 0 saturated heterocycles. The molecule has 0 saturated carbocycles. The van der Waals surface area contributed by atoms with E-state index < -0.39 is 0 Å². The van der Waals surface area contributed by atoms with E-state index in [4.69, 9.17) is 9.84 Å². The van der Waals surface area contributed by atoms with Crippen LogP contribution < -0.4 is 0 Å². The molecule has 11 heavy (non-hydrogen) atoms. The van der Waals surface area contributed by atoms with Gasteiger partial charge in [0.05, 0.1) is 6.61 Å². The molecule has 0 aliphatic carbocycles. The molecule has 1 N–H and O–H groups in total. The molecule has 0 aromatic heterocycles. The van der Waals surface area contributed by atoms with Crippen molar-refractivity contribution < 1.29 is 9.84 Å². The second-order valence-electron chi connectivity index (χ2n) is 2.32. The van der Waals surface area contributed by atoms with Crippen molar-refractivity contribution in [1.82, 2.24) is 0 Å². The minimum absolute atomic E-state index is 0.0283. The van der Waals surface area contributed by atoms with Gasteiger partial charge in [0.25, 0.3) is 0 Å². The van der Waals surface area contributed by atoms with E-state index in [9.17, 15) is 0 Å². The second kappa shape index (κ2) is 4.11. The highest BCUT2D eigenvalue weighted by Crippen LogP contribution is 2.14. The van der Waals surface area contributed by atoms with Crippen molar-refractivity contribution in [1.29, 1.82) is 0 Å². The van der Waals surface area contributed by atoms with Gasteiger partial charge in [-0.25, -0.2) is 0 Å². The monoisotopic (exact) mass is 152 g/mol. The molecule has 0 heterocycles. The normalized spacial score (nSPS) is 12.9. The third kappa shape index (κ3) is 2.03. The zero-order chi connectivity index (χ0) is 8.10. The van der Waals surface area contributed by atoms with Crippen molar-refractivity contribution in [2.24, 2.45) is 0 Å². The van der Waals surface area contributed by atoms with Crippen LogP contribution in [0, 0.1) is 0 Å². The smallest absolute Gasteiger partial charge is 0.105 e. The van der Waals surface area contributed by atoms with Gasteiger partial charge in [-0.3, -0.25) is 0 Å². The van der Waals surface area contributed by atoms with Gasteiger partial charge < -0.3 is 9.84 Å². The van der Waals surface area contributed by atoms with E-state index in [1.54, 1.807) is 7.11 Å². The average Bonchev–Trinajstić information content (AvgIpc) is 2.09. The number of hydrogen-bond acceptors (Lipinski definition) is 2. The minimum atomic E-state index is -0.184. The van der Waals surface area contributed by atoms with Gasteiger partial charge in [-0.1, -0.05) is 30.3 Å². The largest absolute Gasteiger partial charge is 0.393 e. The lowest BCUT2D eigenvalue weighted by Gasteiger charge is -2.11. The molecule has 1 unspecified atom stereocenters. The molecule has 0 radical (unpaired) electrons. The lowest BCUT2D eigenvalue weighted by atomic mass is 10.1. The Balaban J connectivity index is 2.74. The lowest BCUT2D eigenvalue weighted by molar-refractivity contribution is 0.0484. The summed E-state index contributed by atoms with van der Waals surface area (Å²) in [5.41, 5.74) is 1.01. The summed E-state index contributed by atoms with van der Waals surface area (Å²) in [4.78, 5) is 0. The Labute approximate surface area is 66.4 Å². The van der Waals surface area contributed by atoms with Gasteiger partial charge >= 0.3 is 0 Å². The Bertz CT molecular complexity index is 192. The summed E-state index contributed by atoms with van der Waals surface area (Å²) in [6.45, 7) is 0.0283. The van der Waals surface area contributed by atoms with Gasteiger partial charge in [-0.05, 0) is 5.56 Å². The zero-order valence-corrected chi connectivity index (χ0v) is 6.53. The van der Waals surface area contributed by atoms with Crippen molar-refractivity contribution >= 4 is 0 Å². The fourth-order valence-electron chi connectivity index (χ4n) is 0.984. The van der Waals surface area contributed by atoms with E-state index in [1.165, 1.54) is 0 Å². The average molecular weight is 152 g/mol. The summed E-state index contributed by atoms with van der Waals surface area (Å²) >= 11 is 0. The van der Waals surface area contributed by atoms with Gasteiger partial charge in [-0.2, -0.15) is 0 Å². The number of rotatable bonds is 3. The summed E-state index contributed by atoms with van der Waals surface area (Å²) in [5.74, 6) is 0. The molecule has 1 atom stereocenters. The highest BCUT2D eigenvalue weighted by atomic mass is 16.5. The molecule has 0 fully saturated rings. The highest BCUT2D eigenvalue weighted by Gasteiger charge is 2.06. The fourth-order valence-corrected chi connectivity index (χ4v) is 0.984. The van der Waals surface area contributed by atoms with Gasteiger partial charge in [-0.15, -0.1) is 0 Å². The summed E-state index contributed by atoms with van der Waals surface area (Å²) in [7, 11) is 1.59. The highest BCUT2D eigenvalue weighted by molar-refractivity contribution is 5.17. The molecule has 0 aliphatic rings. The van der Waals surface area contributed by atoms with E-state index >= 15 is 0 Å². The van der Waals surface area contributed by atoms with Crippen LogP contribution in [0.2, 0.25) is 0 Å². The van der Waals surface area contributed by atoms with E-state index in [0.29, 0.717) is 0 Å². The molecule has 0 spiro atoms. The molecule has 2 nitrogen and oxygen atoms in total. The molecule has 0 aliphatic heterocycles. The van der Waals surface area contributed by atoms with Crippen LogP contribution in [-0.2, 0) is 4.74 Å². The predicted molar refractivity (Wildman–Crippen MR) is 43.3 cm³/mol. The maximum atomic E-state index is 8.85. The Morgan fingerprint density at radius 1 is 1.36 bits per heavy atom. The number of benzene rings is 1. The van der Waals surface area contributed by atoms with Gasteiger partial charge in [0.1, 0.15) is 6.10 Å². The molecule has 1 rings (SSSR count). The molecule has 60 valence electrons. The number of hydrogen-bond donors (Lipinski definition) is 1. The molecule has 1 aromatic rings. The Morgan fingerprint density at radius 2 is 2.00 bits per heavy atom. The van der Waals surface area contributed by atoms with Gasteiger partial charge in [0, 0.05) is 7.11 Å². The van der Waals surface area contributed by atoms with E-state index in [0.717, 1.165) is 5.56 Å². The summed E-state index contributed by atoms with van der Waals surface area (Å²) < 4.78 is 5.04. The predicted octanol–water partition coefficient (Wildman–Crippen LogP) is 1.37. The van der Waals surface area contributed by atoms with Crippen LogP contribution in [0.3, 0.4) is 0 Å². The fraction of sp³-hybridized carbons (Fsp3) is 0.333. The Kier molecular flexibility index (Phi) is 3.08. The second-order valence-corrected chi connectivity index (χ2v) is 2.32. The first kappa shape index (κ1) is 8.24. The Morgan fingerprint density at radius 3 is 2.45 bits per heavy atom. The van der Waals surface area contributed by atoms with E-state index in [-0.39, 0.29) is 12.7 Å². The maximum Gasteiger partial charge on any atom is 0.105 e. The molecular formula is C9H12O2. The van der Waals surface area contributed by atoms with E-state index in [1.807, 2.05) is 30.3 Å². The number of methoxy groups -OCH3 is 1. The van der Waals surface area contributed by atoms with Crippen LogP contribution in [0.5, 0.6) is 0 Å². The van der Waals surface area contributed by atoms with Crippen molar-refractivity contribution in [2.45, 2.75) is 6.10 Å². The summed E-state index contributed by atoms with van der Waals surface area (Å²) in [5, 5.41) is 8.85. The van der Waals surface area contributed by atoms with Crippen molar-refractivity contribution in [2.75, 3.05) is 13.7 Å². The first-order valence-electron chi connectivity index (χ1n) is 3.57. The number of ether oxygens (including phenoxy) is 1. The summed E-state index contributed by atoms with van der Waals surface area (Å²) in [6, 6.07) is 9.66. The van der Waals surface area contributed by atoms with Crippen LogP contribution in [-0.4, -0.2) is 18.8 Å². The third-order valence-electron chi connectivity index (χ3n) is 1.62. The standard InChI is InChI=1S/C9H12O2/c1-11-9(7-10)8-5-3-2-4-6-8/h2-6,9-10H,7H2,1H3. The minimum Gasteiger partial charge on any atom is -0.393 e. The van der Waals surface area contributed by atoms with Crippen LogP contribution in [0.4, 0.5) is 0 Å². The topological polar surface area (TPSA) is 29.5 Å². The maximum absolute atomic E-state index is 8.85. The molecular weight excluding hydrogens is 140 g/mol. The lowest BCUT2D eigenvalue weighted by Crippen LogP contribution is -2.05.